The third kappa shape index (κ3) is 4.15. The lowest BCUT2D eigenvalue weighted by molar-refractivity contribution is 0.603. The van der Waals surface area contributed by atoms with Gasteiger partial charge in [0.25, 0.3) is 5.56 Å². The monoisotopic (exact) mass is 448 g/mol. The van der Waals surface area contributed by atoms with Crippen molar-refractivity contribution in [2.45, 2.75) is 44.7 Å². The van der Waals surface area contributed by atoms with Crippen LogP contribution in [0.3, 0.4) is 0 Å². The summed E-state index contributed by atoms with van der Waals surface area (Å²) < 4.78 is 24.9. The van der Waals surface area contributed by atoms with E-state index in [1.165, 1.54) is 28.5 Å². The van der Waals surface area contributed by atoms with Crippen molar-refractivity contribution in [3.05, 3.63) is 50.1 Å². The highest BCUT2D eigenvalue weighted by atomic mass is 32.2. The number of rotatable bonds is 5. The maximum absolute atomic E-state index is 13.7. The molecule has 3 aromatic rings. The topological polar surface area (TPSA) is 69.0 Å². The van der Waals surface area contributed by atoms with Gasteiger partial charge in [-0.2, -0.15) is 0 Å². The zero-order valence-corrected chi connectivity index (χ0v) is 19.3. The van der Waals surface area contributed by atoms with Gasteiger partial charge in [0.2, 0.25) is 0 Å². The molecule has 5 nitrogen and oxygen atoms in total. The maximum Gasteiger partial charge on any atom is 0.267 e. The number of hydrogen-bond acceptors (Lipinski definition) is 6. The lowest BCUT2D eigenvalue weighted by Gasteiger charge is -2.15. The number of sulfone groups is 1. The van der Waals surface area contributed by atoms with E-state index in [2.05, 4.69) is 0 Å². The van der Waals surface area contributed by atoms with Gasteiger partial charge in [0, 0.05) is 16.9 Å². The van der Waals surface area contributed by atoms with Crippen molar-refractivity contribution in [2.24, 2.45) is 0 Å². The van der Waals surface area contributed by atoms with Gasteiger partial charge in [0.05, 0.1) is 16.8 Å². The minimum Gasteiger partial charge on any atom is -0.268 e. The molecular formula is C21H24N2O3S3. The molecular weight excluding hydrogens is 424 g/mol. The second-order valence-electron chi connectivity index (χ2n) is 7.69. The van der Waals surface area contributed by atoms with Crippen molar-refractivity contribution in [1.29, 1.82) is 0 Å². The third-order valence-electron chi connectivity index (χ3n) is 5.25. The van der Waals surface area contributed by atoms with Gasteiger partial charge in [-0.1, -0.05) is 23.9 Å². The fourth-order valence-electron chi connectivity index (χ4n) is 3.74. The summed E-state index contributed by atoms with van der Waals surface area (Å²) in [4.78, 5) is 20.6. The van der Waals surface area contributed by atoms with Crippen LogP contribution in [0.2, 0.25) is 0 Å². The molecule has 0 amide bonds. The average Bonchev–Trinajstić information content (AvgIpc) is 3.02. The number of aromatic nitrogens is 2. The van der Waals surface area contributed by atoms with Crippen LogP contribution in [-0.2, 0) is 22.7 Å². The van der Waals surface area contributed by atoms with Crippen molar-refractivity contribution >= 4 is 43.2 Å². The molecule has 0 saturated heterocycles. The Balaban J connectivity index is 1.94. The Morgan fingerprint density at radius 3 is 2.72 bits per heavy atom. The van der Waals surface area contributed by atoms with E-state index in [0.717, 1.165) is 52.7 Å². The predicted molar refractivity (Wildman–Crippen MR) is 122 cm³/mol. The van der Waals surface area contributed by atoms with E-state index in [1.807, 2.05) is 32.0 Å². The van der Waals surface area contributed by atoms with E-state index in [9.17, 15) is 13.2 Å². The summed E-state index contributed by atoms with van der Waals surface area (Å²) in [5.74, 6) is 0.423. The summed E-state index contributed by atoms with van der Waals surface area (Å²) in [7, 11) is -3.07. The molecule has 1 aromatic carbocycles. The van der Waals surface area contributed by atoms with Crippen LogP contribution >= 0.6 is 23.1 Å². The molecule has 1 aliphatic carbocycles. The number of aryl methyl sites for hydroxylation is 4. The molecule has 0 aliphatic heterocycles. The Bertz CT molecular complexity index is 1260. The van der Waals surface area contributed by atoms with Gasteiger partial charge in [0.1, 0.15) is 14.7 Å². The smallest absolute Gasteiger partial charge is 0.267 e. The zero-order valence-electron chi connectivity index (χ0n) is 16.8. The van der Waals surface area contributed by atoms with Crippen molar-refractivity contribution in [3.8, 4) is 5.69 Å². The van der Waals surface area contributed by atoms with Crippen molar-refractivity contribution in [3.63, 3.8) is 0 Å². The Morgan fingerprint density at radius 1 is 1.21 bits per heavy atom. The molecule has 0 unspecified atom stereocenters. The Morgan fingerprint density at radius 2 is 1.97 bits per heavy atom. The molecule has 0 atom stereocenters. The second-order valence-corrected chi connectivity index (χ2v) is 12.1. The highest BCUT2D eigenvalue weighted by Crippen LogP contribution is 2.35. The lowest BCUT2D eigenvalue weighted by atomic mass is 9.97. The highest BCUT2D eigenvalue weighted by Gasteiger charge is 2.23. The first-order valence-corrected chi connectivity index (χ1v) is 13.6. The third-order valence-corrected chi connectivity index (χ3v) is 8.58. The largest absolute Gasteiger partial charge is 0.268 e. The van der Waals surface area contributed by atoms with Crippen LogP contribution in [0, 0.1) is 13.8 Å². The Labute approximate surface area is 179 Å². The van der Waals surface area contributed by atoms with Crippen LogP contribution in [0.1, 0.15) is 34.4 Å². The van der Waals surface area contributed by atoms with Crippen LogP contribution in [0.25, 0.3) is 15.9 Å². The van der Waals surface area contributed by atoms with E-state index in [1.54, 1.807) is 15.9 Å². The van der Waals surface area contributed by atoms with Crippen molar-refractivity contribution < 1.29 is 8.42 Å². The average molecular weight is 449 g/mol. The summed E-state index contributed by atoms with van der Waals surface area (Å²) in [6.45, 7) is 3.99. The summed E-state index contributed by atoms with van der Waals surface area (Å²) >= 11 is 2.96. The molecule has 29 heavy (non-hydrogen) atoms. The van der Waals surface area contributed by atoms with Crippen LogP contribution in [0.4, 0.5) is 0 Å². The van der Waals surface area contributed by atoms with Gasteiger partial charge in [-0.15, -0.1) is 11.3 Å². The van der Waals surface area contributed by atoms with Gasteiger partial charge in [0.15, 0.2) is 5.16 Å². The molecule has 8 heteroatoms. The molecule has 0 saturated carbocycles. The first-order chi connectivity index (χ1) is 13.7. The Hall–Kier alpha value is -1.64. The number of fused-ring (bicyclic) bond motifs is 3. The number of hydrogen-bond donors (Lipinski definition) is 0. The molecule has 1 aliphatic rings. The predicted octanol–water partition coefficient (Wildman–Crippen LogP) is 4.08. The number of thioether (sulfide) groups is 1. The SMILES string of the molecule is Cc1ccc(C)c(-n2c(SCCS(C)(=O)=O)nc3sc4c(c3c2=O)CCCC4)c1. The fraction of sp³-hybridized carbons (Fsp3) is 0.429. The summed E-state index contributed by atoms with van der Waals surface area (Å²) in [6.07, 6.45) is 5.43. The van der Waals surface area contributed by atoms with Crippen molar-refractivity contribution in [2.75, 3.05) is 17.8 Å². The molecule has 0 fully saturated rings. The molecule has 2 heterocycles. The van der Waals surface area contributed by atoms with Gasteiger partial charge in [-0.25, -0.2) is 13.4 Å². The van der Waals surface area contributed by atoms with Gasteiger partial charge < -0.3 is 0 Å². The first kappa shape index (κ1) is 20.6. The van der Waals surface area contributed by atoms with E-state index in [-0.39, 0.29) is 11.3 Å². The molecule has 0 N–H and O–H groups in total. The van der Waals surface area contributed by atoms with Crippen molar-refractivity contribution in [1.82, 2.24) is 9.55 Å². The van der Waals surface area contributed by atoms with Gasteiger partial charge >= 0.3 is 0 Å². The molecule has 0 bridgehead atoms. The molecule has 4 rings (SSSR count). The molecule has 0 spiro atoms. The number of nitrogens with zero attached hydrogens (tertiary/aromatic N) is 2. The number of benzene rings is 1. The molecule has 2 aromatic heterocycles. The van der Waals surface area contributed by atoms with Gasteiger partial charge in [-0.05, 0) is 62.3 Å². The standard InChI is InChI=1S/C21H24N2O3S3/c1-13-8-9-14(2)16(12-13)23-20(24)18-15-6-4-5-7-17(15)28-19(18)22-21(23)27-10-11-29(3,25)26/h8-9,12H,4-7,10-11H2,1-3H3. The summed E-state index contributed by atoms with van der Waals surface area (Å²) in [5, 5.41) is 1.32. The van der Waals surface area contributed by atoms with E-state index in [4.69, 9.17) is 4.98 Å². The van der Waals surface area contributed by atoms with E-state index >= 15 is 0 Å². The second kappa shape index (κ2) is 7.89. The van der Waals surface area contributed by atoms with Crippen LogP contribution in [0.5, 0.6) is 0 Å². The van der Waals surface area contributed by atoms with Crippen LogP contribution in [-0.4, -0.2) is 35.7 Å². The molecule has 154 valence electrons. The van der Waals surface area contributed by atoms with Crippen LogP contribution in [0.15, 0.2) is 28.2 Å². The normalized spacial score (nSPS) is 14.3. The minimum atomic E-state index is -3.07. The summed E-state index contributed by atoms with van der Waals surface area (Å²) in [6, 6.07) is 6.04. The van der Waals surface area contributed by atoms with Gasteiger partial charge in [-0.3, -0.25) is 9.36 Å². The first-order valence-electron chi connectivity index (χ1n) is 9.70. The van der Waals surface area contributed by atoms with Crippen LogP contribution < -0.4 is 5.56 Å². The lowest BCUT2D eigenvalue weighted by Crippen LogP contribution is -2.23. The Kier molecular flexibility index (Phi) is 5.61. The fourth-order valence-corrected chi connectivity index (χ4v) is 7.24. The maximum atomic E-state index is 13.7. The quantitative estimate of drug-likeness (QED) is 0.435. The zero-order chi connectivity index (χ0) is 20.8. The number of thiophene rings is 1. The highest BCUT2D eigenvalue weighted by molar-refractivity contribution is 8.00. The molecule has 0 radical (unpaired) electrons. The minimum absolute atomic E-state index is 0.0371. The van der Waals surface area contributed by atoms with E-state index in [0.29, 0.717) is 10.9 Å². The summed E-state index contributed by atoms with van der Waals surface area (Å²) in [5.41, 5.74) is 4.01. The van der Waals surface area contributed by atoms with E-state index < -0.39 is 9.84 Å².